The van der Waals surface area contributed by atoms with Crippen molar-refractivity contribution < 1.29 is 22.7 Å². The van der Waals surface area contributed by atoms with Crippen LogP contribution in [0.3, 0.4) is 0 Å². The molecule has 1 amide bonds. The molecule has 2 heterocycles. The van der Waals surface area contributed by atoms with E-state index < -0.39 is 15.6 Å². The van der Waals surface area contributed by atoms with Crippen LogP contribution in [0.25, 0.3) is 0 Å². The Hall–Kier alpha value is -2.22. The van der Waals surface area contributed by atoms with Gasteiger partial charge in [0, 0.05) is 12.1 Å². The number of nitrogens with zero attached hydrogens (tertiary/aromatic N) is 1. The molecule has 2 aromatic rings. The highest BCUT2D eigenvalue weighted by molar-refractivity contribution is 7.91. The van der Waals surface area contributed by atoms with Crippen molar-refractivity contribution in [2.45, 2.75) is 41.8 Å². The van der Waals surface area contributed by atoms with Crippen molar-refractivity contribution in [3.05, 3.63) is 53.6 Å². The van der Waals surface area contributed by atoms with E-state index in [1.54, 1.807) is 41.3 Å². The van der Waals surface area contributed by atoms with E-state index in [0.717, 1.165) is 18.4 Å². The topological polar surface area (TPSA) is 72.9 Å². The highest BCUT2D eigenvalue weighted by Crippen LogP contribution is 2.47. The first kappa shape index (κ1) is 18.8. The van der Waals surface area contributed by atoms with Crippen LogP contribution in [0, 0.1) is 12.8 Å². The number of rotatable bonds is 4. The summed E-state index contributed by atoms with van der Waals surface area (Å²) in [6.45, 7) is 3.27. The molecule has 2 aromatic carbocycles. The summed E-state index contributed by atoms with van der Waals surface area (Å²) in [6.07, 6.45) is 2.91. The molecule has 6 nitrogen and oxygen atoms in total. The Morgan fingerprint density at radius 2 is 1.79 bits per heavy atom. The maximum absolute atomic E-state index is 13.3. The van der Waals surface area contributed by atoms with Gasteiger partial charge in [-0.25, -0.2) is 8.42 Å². The molecule has 0 unspecified atom stereocenters. The summed E-state index contributed by atoms with van der Waals surface area (Å²) >= 11 is 0. The predicted molar refractivity (Wildman–Crippen MR) is 106 cm³/mol. The molecule has 1 aliphatic carbocycles. The Morgan fingerprint density at radius 1 is 1.07 bits per heavy atom. The van der Waals surface area contributed by atoms with E-state index in [1.165, 1.54) is 0 Å². The van der Waals surface area contributed by atoms with Crippen LogP contribution in [0.4, 0.5) is 5.69 Å². The number of fused-ring (bicyclic) bond motifs is 2. The second-order valence-corrected chi connectivity index (χ2v) is 9.97. The molecular weight excluding hydrogens is 390 g/mol. The largest absolute Gasteiger partial charge is 0.338 e. The molecule has 7 heteroatoms. The highest BCUT2D eigenvalue weighted by atomic mass is 32.2. The fraction of sp³-hybridized carbons (Fsp3) is 0.409. The average molecular weight is 413 g/mol. The number of amides is 1. The lowest BCUT2D eigenvalue weighted by Crippen LogP contribution is -2.47. The summed E-state index contributed by atoms with van der Waals surface area (Å²) in [7, 11) is -3.72. The number of ether oxygens (including phenoxy) is 2. The first-order valence-corrected chi connectivity index (χ1v) is 11.5. The Bertz CT molecular complexity index is 1080. The normalized spacial score (nSPS) is 20.9. The van der Waals surface area contributed by atoms with Crippen LogP contribution in [-0.2, 0) is 29.9 Å². The van der Waals surface area contributed by atoms with Gasteiger partial charge in [0.15, 0.2) is 0 Å². The molecule has 0 radical (unpaired) electrons. The average Bonchev–Trinajstić information content (AvgIpc) is 3.52. The smallest absolute Gasteiger partial charge is 0.292 e. The number of aryl methyl sites for hydroxylation is 1. The van der Waals surface area contributed by atoms with Crippen LogP contribution in [0.15, 0.2) is 52.3 Å². The monoisotopic (exact) mass is 413 g/mol. The van der Waals surface area contributed by atoms with Gasteiger partial charge in [0.1, 0.15) is 0 Å². The van der Waals surface area contributed by atoms with Crippen molar-refractivity contribution in [1.82, 2.24) is 0 Å². The zero-order valence-electron chi connectivity index (χ0n) is 16.3. The lowest BCUT2D eigenvalue weighted by molar-refractivity contribution is -0.256. The maximum Gasteiger partial charge on any atom is 0.292 e. The maximum atomic E-state index is 13.3. The van der Waals surface area contributed by atoms with Gasteiger partial charge in [-0.2, -0.15) is 0 Å². The van der Waals surface area contributed by atoms with Crippen molar-refractivity contribution in [3.63, 3.8) is 0 Å². The number of benzene rings is 2. The van der Waals surface area contributed by atoms with E-state index in [2.05, 4.69) is 0 Å². The van der Waals surface area contributed by atoms with Gasteiger partial charge in [0.05, 0.1) is 28.7 Å². The summed E-state index contributed by atoms with van der Waals surface area (Å²) in [5, 5.41) is 0. The molecule has 152 valence electrons. The van der Waals surface area contributed by atoms with Gasteiger partial charge in [-0.15, -0.1) is 0 Å². The van der Waals surface area contributed by atoms with E-state index in [9.17, 15) is 13.2 Å². The Balaban J connectivity index is 1.63. The summed E-state index contributed by atoms with van der Waals surface area (Å²) in [6, 6.07) is 11.7. The van der Waals surface area contributed by atoms with Gasteiger partial charge in [-0.05, 0) is 68.0 Å². The van der Waals surface area contributed by atoms with E-state index in [-0.39, 0.29) is 15.7 Å². The van der Waals surface area contributed by atoms with Crippen molar-refractivity contribution in [3.8, 4) is 0 Å². The Kier molecular flexibility index (Phi) is 4.31. The first-order valence-electron chi connectivity index (χ1n) is 9.98. The molecule has 3 aliphatic rings. The molecule has 2 fully saturated rings. The standard InChI is InChI=1S/C22H23NO5S/c1-15-4-2-5-17(12-15)29(25,26)18-8-9-20-19(13-18)22(27-10-3-11-28-22)21(24)23(20)14-16-6-7-16/h2,4-5,8-9,12-13,16H,3,6-7,10-11,14H2,1H3. The molecule has 5 rings (SSSR count). The minimum atomic E-state index is -3.72. The van der Waals surface area contributed by atoms with Gasteiger partial charge in [-0.3, -0.25) is 4.79 Å². The van der Waals surface area contributed by atoms with Gasteiger partial charge in [0.25, 0.3) is 11.7 Å². The molecule has 1 saturated carbocycles. The third kappa shape index (κ3) is 2.99. The quantitative estimate of drug-likeness (QED) is 0.770. The SMILES string of the molecule is Cc1cccc(S(=O)(=O)c2ccc3c(c2)C2(OCCCO2)C(=O)N3CC2CC2)c1. The van der Waals surface area contributed by atoms with Crippen LogP contribution in [0.2, 0.25) is 0 Å². The molecule has 29 heavy (non-hydrogen) atoms. The van der Waals surface area contributed by atoms with E-state index in [1.807, 2.05) is 13.0 Å². The summed E-state index contributed by atoms with van der Waals surface area (Å²) in [5.41, 5.74) is 2.05. The second kappa shape index (κ2) is 6.65. The lowest BCUT2D eigenvalue weighted by atomic mass is 10.1. The number of hydrogen-bond donors (Lipinski definition) is 0. The number of sulfone groups is 1. The third-order valence-electron chi connectivity index (χ3n) is 5.79. The first-order chi connectivity index (χ1) is 13.9. The van der Waals surface area contributed by atoms with Gasteiger partial charge in [0.2, 0.25) is 9.84 Å². The molecule has 0 N–H and O–H groups in total. The second-order valence-electron chi connectivity index (χ2n) is 8.03. The third-order valence-corrected chi connectivity index (χ3v) is 7.54. The molecule has 0 bridgehead atoms. The van der Waals surface area contributed by atoms with Gasteiger partial charge in [-0.1, -0.05) is 12.1 Å². The Labute approximate surface area is 170 Å². The minimum absolute atomic E-state index is 0.139. The minimum Gasteiger partial charge on any atom is -0.338 e. The molecule has 0 atom stereocenters. The summed E-state index contributed by atoms with van der Waals surface area (Å²) in [4.78, 5) is 15.4. The van der Waals surface area contributed by atoms with Crippen LogP contribution < -0.4 is 4.90 Å². The van der Waals surface area contributed by atoms with Crippen LogP contribution in [-0.4, -0.2) is 34.1 Å². The molecular formula is C22H23NO5S. The number of hydrogen-bond acceptors (Lipinski definition) is 5. The number of carbonyl (C=O) groups excluding carboxylic acids is 1. The molecule has 0 aromatic heterocycles. The van der Waals surface area contributed by atoms with E-state index >= 15 is 0 Å². The zero-order valence-corrected chi connectivity index (χ0v) is 17.1. The van der Waals surface area contributed by atoms with Crippen molar-refractivity contribution in [2.75, 3.05) is 24.7 Å². The lowest BCUT2D eigenvalue weighted by Gasteiger charge is -2.32. The number of anilines is 1. The zero-order chi connectivity index (χ0) is 20.2. The predicted octanol–water partition coefficient (Wildman–Crippen LogP) is 3.17. The van der Waals surface area contributed by atoms with Crippen molar-refractivity contribution >= 4 is 21.4 Å². The van der Waals surface area contributed by atoms with Gasteiger partial charge >= 0.3 is 0 Å². The van der Waals surface area contributed by atoms with Crippen molar-refractivity contribution in [1.29, 1.82) is 0 Å². The van der Waals surface area contributed by atoms with E-state index in [0.29, 0.717) is 43.3 Å². The fourth-order valence-electron chi connectivity index (χ4n) is 4.05. The molecule has 1 spiro atoms. The summed E-state index contributed by atoms with van der Waals surface area (Å²) in [5.74, 6) is -1.29. The van der Waals surface area contributed by atoms with E-state index in [4.69, 9.17) is 9.47 Å². The molecule has 1 saturated heterocycles. The Morgan fingerprint density at radius 3 is 2.48 bits per heavy atom. The van der Waals surface area contributed by atoms with Crippen LogP contribution in [0.1, 0.15) is 30.4 Å². The van der Waals surface area contributed by atoms with Crippen LogP contribution in [0.5, 0.6) is 0 Å². The van der Waals surface area contributed by atoms with Gasteiger partial charge < -0.3 is 14.4 Å². The van der Waals surface area contributed by atoms with Crippen LogP contribution >= 0.6 is 0 Å². The number of carbonyl (C=O) groups is 1. The molecule has 2 aliphatic heterocycles. The van der Waals surface area contributed by atoms with Crippen molar-refractivity contribution in [2.24, 2.45) is 5.92 Å². The fourth-order valence-corrected chi connectivity index (χ4v) is 5.44. The summed E-state index contributed by atoms with van der Waals surface area (Å²) < 4.78 is 38.2. The highest BCUT2D eigenvalue weighted by Gasteiger charge is 2.55.